The first-order valence-corrected chi connectivity index (χ1v) is 11.8. The Balaban J connectivity index is 1.22. The summed E-state index contributed by atoms with van der Waals surface area (Å²) in [5, 5.41) is 0.913. The summed E-state index contributed by atoms with van der Waals surface area (Å²) >= 11 is 6.58. The van der Waals surface area contributed by atoms with E-state index in [0.29, 0.717) is 12.5 Å². The van der Waals surface area contributed by atoms with Crippen molar-refractivity contribution in [2.75, 3.05) is 6.61 Å². The van der Waals surface area contributed by atoms with Crippen LogP contribution in [0.5, 0.6) is 11.5 Å². The summed E-state index contributed by atoms with van der Waals surface area (Å²) in [6.45, 7) is 0.660. The van der Waals surface area contributed by atoms with Crippen LogP contribution < -0.4 is 9.47 Å². The highest BCUT2D eigenvalue weighted by Gasteiger charge is 2.19. The first kappa shape index (κ1) is 21.2. The molecule has 1 fully saturated rings. The van der Waals surface area contributed by atoms with Gasteiger partial charge >= 0.3 is 0 Å². The molecule has 4 rings (SSSR count). The molecule has 1 atom stereocenters. The fraction of sp³-hybridized carbons (Fsp3) is 0.500. The molecule has 1 saturated carbocycles. The lowest BCUT2D eigenvalue weighted by molar-refractivity contribution is -0.114. The largest absolute Gasteiger partial charge is 0.493 e. The van der Waals surface area contributed by atoms with Crippen LogP contribution in [-0.2, 0) is 17.6 Å². The maximum atomic E-state index is 11.0. The van der Waals surface area contributed by atoms with Crippen molar-refractivity contribution in [3.8, 4) is 11.5 Å². The van der Waals surface area contributed by atoms with Gasteiger partial charge in [-0.1, -0.05) is 49.1 Å². The molecule has 4 heteroatoms. The summed E-state index contributed by atoms with van der Waals surface area (Å²) < 4.78 is 11.6. The number of ether oxygens (including phenoxy) is 2. The van der Waals surface area contributed by atoms with Crippen molar-refractivity contribution in [1.82, 2.24) is 0 Å². The zero-order valence-corrected chi connectivity index (χ0v) is 18.3. The predicted octanol–water partition coefficient (Wildman–Crippen LogP) is 6.68. The van der Waals surface area contributed by atoms with Crippen LogP contribution in [0.1, 0.15) is 74.0 Å². The molecule has 0 radical (unpaired) electrons. The van der Waals surface area contributed by atoms with Crippen LogP contribution in [-0.4, -0.2) is 19.0 Å². The van der Waals surface area contributed by atoms with Gasteiger partial charge in [0.05, 0.1) is 6.61 Å². The number of aldehydes is 1. The monoisotopic (exact) mass is 426 g/mol. The standard InChI is InChI=1S/C26H31ClO3/c27-25-16-22(19-6-2-1-3-7-19)10-9-20(25)8-4-5-15-29-23-13-11-21-12-14-24(18-28)30-26(21)17-23/h9-11,13,16-19,24H,1-8,12,14-15H2. The molecule has 1 unspecified atom stereocenters. The number of carbonyl (C=O) groups is 1. The van der Waals surface area contributed by atoms with E-state index < -0.39 is 0 Å². The van der Waals surface area contributed by atoms with Crippen molar-refractivity contribution in [3.63, 3.8) is 0 Å². The first-order valence-electron chi connectivity index (χ1n) is 11.4. The summed E-state index contributed by atoms with van der Waals surface area (Å²) in [4.78, 5) is 11.0. The second kappa shape index (κ2) is 10.3. The van der Waals surface area contributed by atoms with Gasteiger partial charge in [-0.15, -0.1) is 0 Å². The van der Waals surface area contributed by atoms with Crippen LogP contribution >= 0.6 is 11.6 Å². The third kappa shape index (κ3) is 5.37. The molecule has 2 aliphatic rings. The fourth-order valence-electron chi connectivity index (χ4n) is 4.62. The van der Waals surface area contributed by atoms with Gasteiger partial charge in [-0.2, -0.15) is 0 Å². The summed E-state index contributed by atoms with van der Waals surface area (Å²) in [7, 11) is 0. The number of benzene rings is 2. The van der Waals surface area contributed by atoms with Crippen molar-refractivity contribution < 1.29 is 14.3 Å². The first-order chi connectivity index (χ1) is 14.7. The lowest BCUT2D eigenvalue weighted by Gasteiger charge is -2.22. The van der Waals surface area contributed by atoms with Crippen molar-refractivity contribution in [3.05, 3.63) is 58.1 Å². The molecular weight excluding hydrogens is 396 g/mol. The van der Waals surface area contributed by atoms with E-state index in [1.165, 1.54) is 43.2 Å². The van der Waals surface area contributed by atoms with Crippen LogP contribution in [0.25, 0.3) is 0 Å². The molecule has 0 aromatic heterocycles. The van der Waals surface area contributed by atoms with Gasteiger partial charge in [0.2, 0.25) is 0 Å². The Labute approximate surface area is 184 Å². The molecule has 1 aliphatic carbocycles. The SMILES string of the molecule is O=CC1CCc2ccc(OCCCCc3ccc(C4CCCCC4)cc3Cl)cc2O1. The van der Waals surface area contributed by atoms with E-state index in [0.717, 1.165) is 60.5 Å². The quantitative estimate of drug-likeness (QED) is 0.348. The molecule has 0 amide bonds. The number of unbranched alkanes of at least 4 members (excludes halogenated alkanes) is 1. The normalized spacial score (nSPS) is 19.0. The third-order valence-electron chi connectivity index (χ3n) is 6.43. The minimum Gasteiger partial charge on any atom is -0.493 e. The van der Waals surface area contributed by atoms with Gasteiger partial charge in [-0.25, -0.2) is 0 Å². The van der Waals surface area contributed by atoms with E-state index in [-0.39, 0.29) is 6.10 Å². The number of aryl methyl sites for hydroxylation is 2. The Morgan fingerprint density at radius 3 is 2.70 bits per heavy atom. The van der Waals surface area contributed by atoms with Gasteiger partial charge in [-0.3, -0.25) is 4.79 Å². The lowest BCUT2D eigenvalue weighted by Crippen LogP contribution is -2.23. The van der Waals surface area contributed by atoms with E-state index in [4.69, 9.17) is 21.1 Å². The molecule has 0 N–H and O–H groups in total. The highest BCUT2D eigenvalue weighted by atomic mass is 35.5. The summed E-state index contributed by atoms with van der Waals surface area (Å²) in [5.41, 5.74) is 3.79. The van der Waals surface area contributed by atoms with Gasteiger partial charge in [0.1, 0.15) is 11.5 Å². The Morgan fingerprint density at radius 1 is 1.03 bits per heavy atom. The topological polar surface area (TPSA) is 35.5 Å². The van der Waals surface area contributed by atoms with Gasteiger partial charge in [0.25, 0.3) is 0 Å². The van der Waals surface area contributed by atoms with Crippen molar-refractivity contribution in [2.45, 2.75) is 76.2 Å². The number of carbonyl (C=O) groups excluding carboxylic acids is 1. The number of halogens is 1. The fourth-order valence-corrected chi connectivity index (χ4v) is 4.90. The van der Waals surface area contributed by atoms with E-state index >= 15 is 0 Å². The van der Waals surface area contributed by atoms with Crippen molar-refractivity contribution in [1.29, 1.82) is 0 Å². The molecule has 3 nitrogen and oxygen atoms in total. The Bertz CT molecular complexity index is 857. The van der Waals surface area contributed by atoms with Gasteiger partial charge in [0.15, 0.2) is 12.4 Å². The van der Waals surface area contributed by atoms with Crippen LogP contribution in [0.3, 0.4) is 0 Å². The Hall–Kier alpha value is -2.00. The number of fused-ring (bicyclic) bond motifs is 1. The Kier molecular flexibility index (Phi) is 7.33. The second-order valence-electron chi connectivity index (χ2n) is 8.59. The van der Waals surface area contributed by atoms with Crippen LogP contribution in [0.15, 0.2) is 36.4 Å². The Morgan fingerprint density at radius 2 is 1.90 bits per heavy atom. The zero-order valence-electron chi connectivity index (χ0n) is 17.6. The molecule has 1 heterocycles. The van der Waals surface area contributed by atoms with Crippen LogP contribution in [0.4, 0.5) is 0 Å². The smallest absolute Gasteiger partial charge is 0.160 e. The highest BCUT2D eigenvalue weighted by Crippen LogP contribution is 2.35. The van der Waals surface area contributed by atoms with Crippen molar-refractivity contribution in [2.24, 2.45) is 0 Å². The molecule has 2 aromatic rings. The molecule has 30 heavy (non-hydrogen) atoms. The minimum absolute atomic E-state index is 0.331. The molecule has 2 aromatic carbocycles. The van der Waals surface area contributed by atoms with Gasteiger partial charge in [0, 0.05) is 11.1 Å². The molecule has 1 aliphatic heterocycles. The lowest BCUT2D eigenvalue weighted by atomic mass is 9.84. The number of hydrogen-bond acceptors (Lipinski definition) is 3. The summed E-state index contributed by atoms with van der Waals surface area (Å²) in [5.74, 6) is 2.27. The predicted molar refractivity (Wildman–Crippen MR) is 121 cm³/mol. The van der Waals surface area contributed by atoms with Crippen LogP contribution in [0.2, 0.25) is 5.02 Å². The highest BCUT2D eigenvalue weighted by molar-refractivity contribution is 6.31. The number of rotatable bonds is 8. The average molecular weight is 427 g/mol. The van der Waals surface area contributed by atoms with Crippen molar-refractivity contribution >= 4 is 17.9 Å². The van der Waals surface area contributed by atoms with Crippen LogP contribution in [0, 0.1) is 0 Å². The zero-order chi connectivity index (χ0) is 20.8. The van der Waals surface area contributed by atoms with E-state index in [1.807, 2.05) is 18.2 Å². The molecule has 0 bridgehead atoms. The maximum Gasteiger partial charge on any atom is 0.160 e. The van der Waals surface area contributed by atoms with Gasteiger partial charge in [-0.05, 0) is 79.7 Å². The minimum atomic E-state index is -0.331. The summed E-state index contributed by atoms with van der Waals surface area (Å²) in [6, 6.07) is 12.6. The summed E-state index contributed by atoms with van der Waals surface area (Å²) in [6.07, 6.45) is 11.8. The maximum absolute atomic E-state index is 11.0. The van der Waals surface area contributed by atoms with E-state index in [1.54, 1.807) is 0 Å². The van der Waals surface area contributed by atoms with E-state index in [2.05, 4.69) is 18.2 Å². The molecule has 0 spiro atoms. The third-order valence-corrected chi connectivity index (χ3v) is 6.78. The second-order valence-corrected chi connectivity index (χ2v) is 9.00. The molecule has 0 saturated heterocycles. The average Bonchev–Trinajstić information content (AvgIpc) is 2.79. The number of hydrogen-bond donors (Lipinski definition) is 0. The molecular formula is C26H31ClO3. The molecule has 160 valence electrons. The van der Waals surface area contributed by atoms with Gasteiger partial charge < -0.3 is 9.47 Å². The van der Waals surface area contributed by atoms with E-state index in [9.17, 15) is 4.79 Å².